The lowest BCUT2D eigenvalue weighted by Crippen LogP contribution is -2.39. The van der Waals surface area contributed by atoms with Crippen LogP contribution in [0.1, 0.15) is 32.3 Å². The molecule has 6 heteroatoms. The summed E-state index contributed by atoms with van der Waals surface area (Å²) < 4.78 is 5.41. The zero-order valence-electron chi connectivity index (χ0n) is 14.9. The van der Waals surface area contributed by atoms with E-state index in [1.165, 1.54) is 0 Å². The number of hydrogen-bond donors (Lipinski definition) is 2. The third kappa shape index (κ3) is 7.90. The molecular weight excluding hydrogens is 417 g/mol. The number of phenols is 1. The highest BCUT2D eigenvalue weighted by atomic mass is 127. The number of aromatic hydroxyl groups is 1. The first-order valence-corrected chi connectivity index (χ1v) is 8.17. The SMILES string of the molecule is C=CCCCN(C)C(=NCc1ccc(O)c(OCC)c1)NCC.I. The Morgan fingerprint density at radius 1 is 1.42 bits per heavy atom. The van der Waals surface area contributed by atoms with Crippen molar-refractivity contribution < 1.29 is 9.84 Å². The van der Waals surface area contributed by atoms with Crippen LogP contribution in [0.3, 0.4) is 0 Å². The number of aliphatic imine (C=N–C) groups is 1. The van der Waals surface area contributed by atoms with Crippen LogP contribution in [0.15, 0.2) is 35.8 Å². The van der Waals surface area contributed by atoms with Gasteiger partial charge in [0, 0.05) is 20.1 Å². The predicted octanol–water partition coefficient (Wildman–Crippen LogP) is 3.77. The van der Waals surface area contributed by atoms with Crippen LogP contribution in [-0.4, -0.2) is 42.7 Å². The Hall–Kier alpha value is -1.44. The number of unbranched alkanes of at least 4 members (excludes halogenated alkanes) is 1. The largest absolute Gasteiger partial charge is 0.504 e. The van der Waals surface area contributed by atoms with Crippen LogP contribution in [0.5, 0.6) is 11.5 Å². The third-order valence-electron chi connectivity index (χ3n) is 3.33. The van der Waals surface area contributed by atoms with E-state index < -0.39 is 0 Å². The molecule has 0 aliphatic rings. The summed E-state index contributed by atoms with van der Waals surface area (Å²) in [5.74, 6) is 1.54. The zero-order chi connectivity index (χ0) is 17.1. The van der Waals surface area contributed by atoms with Gasteiger partial charge in [-0.05, 0) is 44.4 Å². The minimum absolute atomic E-state index is 0. The van der Waals surface area contributed by atoms with Gasteiger partial charge < -0.3 is 20.1 Å². The van der Waals surface area contributed by atoms with Gasteiger partial charge in [0.2, 0.25) is 0 Å². The minimum atomic E-state index is 0. The Labute approximate surface area is 162 Å². The summed E-state index contributed by atoms with van der Waals surface area (Å²) in [5.41, 5.74) is 1.00. The highest BCUT2D eigenvalue weighted by Crippen LogP contribution is 2.27. The zero-order valence-corrected chi connectivity index (χ0v) is 17.2. The van der Waals surface area contributed by atoms with Gasteiger partial charge in [-0.25, -0.2) is 4.99 Å². The fourth-order valence-electron chi connectivity index (χ4n) is 2.14. The van der Waals surface area contributed by atoms with Crippen molar-refractivity contribution in [3.05, 3.63) is 36.4 Å². The minimum Gasteiger partial charge on any atom is -0.504 e. The quantitative estimate of drug-likeness (QED) is 0.199. The van der Waals surface area contributed by atoms with Crippen LogP contribution < -0.4 is 10.1 Å². The van der Waals surface area contributed by atoms with Gasteiger partial charge in [0.05, 0.1) is 13.2 Å². The molecule has 0 aromatic heterocycles. The summed E-state index contributed by atoms with van der Waals surface area (Å²) in [4.78, 5) is 6.78. The molecule has 1 aromatic carbocycles. The van der Waals surface area contributed by atoms with Gasteiger partial charge in [-0.15, -0.1) is 30.6 Å². The molecule has 0 spiro atoms. The molecule has 0 saturated heterocycles. The van der Waals surface area contributed by atoms with E-state index in [4.69, 9.17) is 4.74 Å². The molecule has 0 bridgehead atoms. The smallest absolute Gasteiger partial charge is 0.193 e. The van der Waals surface area contributed by atoms with Crippen molar-refractivity contribution >= 4 is 29.9 Å². The molecule has 136 valence electrons. The lowest BCUT2D eigenvalue weighted by atomic mass is 10.2. The van der Waals surface area contributed by atoms with Gasteiger partial charge in [0.1, 0.15) is 0 Å². The maximum absolute atomic E-state index is 9.75. The number of phenolic OH excluding ortho intramolecular Hbond substituents is 1. The molecule has 0 atom stereocenters. The second-order valence-electron chi connectivity index (χ2n) is 5.26. The maximum atomic E-state index is 9.75. The highest BCUT2D eigenvalue weighted by molar-refractivity contribution is 14.0. The van der Waals surface area contributed by atoms with Crippen LogP contribution in [0.25, 0.3) is 0 Å². The molecule has 5 nitrogen and oxygen atoms in total. The monoisotopic (exact) mass is 447 g/mol. The Balaban J connectivity index is 0.00000529. The molecule has 0 unspecified atom stereocenters. The first kappa shape index (κ1) is 22.6. The number of rotatable bonds is 9. The van der Waals surface area contributed by atoms with Gasteiger partial charge in [-0.1, -0.05) is 12.1 Å². The Morgan fingerprint density at radius 3 is 2.79 bits per heavy atom. The fraction of sp³-hybridized carbons (Fsp3) is 0.500. The Bertz CT molecular complexity index is 521. The van der Waals surface area contributed by atoms with E-state index in [9.17, 15) is 5.11 Å². The van der Waals surface area contributed by atoms with E-state index in [1.807, 2.05) is 32.2 Å². The summed E-state index contributed by atoms with van der Waals surface area (Å²) in [6, 6.07) is 5.35. The fourth-order valence-corrected chi connectivity index (χ4v) is 2.14. The summed E-state index contributed by atoms with van der Waals surface area (Å²) in [7, 11) is 2.03. The first-order valence-electron chi connectivity index (χ1n) is 8.17. The van der Waals surface area contributed by atoms with E-state index in [0.717, 1.165) is 37.5 Å². The number of nitrogens with one attached hydrogen (secondary N) is 1. The van der Waals surface area contributed by atoms with Crippen molar-refractivity contribution in [2.45, 2.75) is 33.2 Å². The molecule has 0 amide bonds. The standard InChI is InChI=1S/C18H29N3O2.HI/c1-5-8-9-12-21(4)18(19-6-2)20-14-15-10-11-16(22)17(13-15)23-7-3;/h5,10-11,13,22H,1,6-9,12,14H2,2-4H3,(H,19,20);1H. The van der Waals surface area contributed by atoms with Crippen molar-refractivity contribution in [3.63, 3.8) is 0 Å². The molecule has 0 heterocycles. The molecule has 0 radical (unpaired) electrons. The van der Waals surface area contributed by atoms with Crippen LogP contribution in [0, 0.1) is 0 Å². The lowest BCUT2D eigenvalue weighted by molar-refractivity contribution is 0.318. The molecule has 2 N–H and O–H groups in total. The normalized spacial score (nSPS) is 10.7. The van der Waals surface area contributed by atoms with Crippen molar-refractivity contribution in [1.82, 2.24) is 10.2 Å². The molecular formula is C18H30IN3O2. The van der Waals surface area contributed by atoms with E-state index >= 15 is 0 Å². The number of nitrogens with zero attached hydrogens (tertiary/aromatic N) is 2. The van der Waals surface area contributed by atoms with Gasteiger partial charge in [-0.2, -0.15) is 0 Å². The molecule has 0 aliphatic heterocycles. The number of ether oxygens (including phenoxy) is 1. The van der Waals surface area contributed by atoms with Gasteiger partial charge in [0.15, 0.2) is 17.5 Å². The second-order valence-corrected chi connectivity index (χ2v) is 5.26. The van der Waals surface area contributed by atoms with Crippen molar-refractivity contribution in [1.29, 1.82) is 0 Å². The van der Waals surface area contributed by atoms with Crippen LogP contribution in [-0.2, 0) is 6.54 Å². The van der Waals surface area contributed by atoms with E-state index in [2.05, 4.69) is 28.7 Å². The van der Waals surface area contributed by atoms with Gasteiger partial charge in [-0.3, -0.25) is 0 Å². The Morgan fingerprint density at radius 2 is 2.17 bits per heavy atom. The van der Waals surface area contributed by atoms with E-state index in [-0.39, 0.29) is 29.7 Å². The molecule has 0 saturated carbocycles. The van der Waals surface area contributed by atoms with E-state index in [0.29, 0.717) is 18.9 Å². The van der Waals surface area contributed by atoms with Crippen molar-refractivity contribution in [2.24, 2.45) is 4.99 Å². The summed E-state index contributed by atoms with van der Waals surface area (Å²) in [5, 5.41) is 13.0. The highest BCUT2D eigenvalue weighted by Gasteiger charge is 2.06. The van der Waals surface area contributed by atoms with Crippen molar-refractivity contribution in [2.75, 3.05) is 26.7 Å². The van der Waals surface area contributed by atoms with Gasteiger partial charge in [0.25, 0.3) is 0 Å². The average Bonchev–Trinajstić information content (AvgIpc) is 2.54. The molecule has 1 aromatic rings. The van der Waals surface area contributed by atoms with Crippen LogP contribution >= 0.6 is 24.0 Å². The number of guanidine groups is 1. The summed E-state index contributed by atoms with van der Waals surface area (Å²) in [6.45, 7) is 10.5. The first-order chi connectivity index (χ1) is 11.1. The van der Waals surface area contributed by atoms with Crippen LogP contribution in [0.4, 0.5) is 0 Å². The van der Waals surface area contributed by atoms with E-state index in [1.54, 1.807) is 6.07 Å². The molecule has 0 aliphatic carbocycles. The topological polar surface area (TPSA) is 57.1 Å². The van der Waals surface area contributed by atoms with Gasteiger partial charge >= 0.3 is 0 Å². The average molecular weight is 447 g/mol. The maximum Gasteiger partial charge on any atom is 0.193 e. The second kappa shape index (κ2) is 12.9. The number of halogens is 1. The Kier molecular flexibility index (Phi) is 12.1. The molecule has 1 rings (SSSR count). The van der Waals surface area contributed by atoms with Crippen LogP contribution in [0.2, 0.25) is 0 Å². The number of benzene rings is 1. The number of hydrogen-bond acceptors (Lipinski definition) is 3. The number of allylic oxidation sites excluding steroid dienone is 1. The predicted molar refractivity (Wildman–Crippen MR) is 112 cm³/mol. The third-order valence-corrected chi connectivity index (χ3v) is 3.33. The lowest BCUT2D eigenvalue weighted by Gasteiger charge is -2.21. The van der Waals surface area contributed by atoms with Crippen molar-refractivity contribution in [3.8, 4) is 11.5 Å². The summed E-state index contributed by atoms with van der Waals surface area (Å²) >= 11 is 0. The molecule has 24 heavy (non-hydrogen) atoms. The summed E-state index contributed by atoms with van der Waals surface area (Å²) in [6.07, 6.45) is 3.99. The molecule has 0 fully saturated rings.